The summed E-state index contributed by atoms with van der Waals surface area (Å²) >= 11 is 0. The molecule has 5 rings (SSSR count). The Balaban J connectivity index is 1.25. The third-order valence-corrected chi connectivity index (χ3v) is 9.24. The summed E-state index contributed by atoms with van der Waals surface area (Å²) < 4.78 is 0. The normalized spacial score (nSPS) is 27.4. The van der Waals surface area contributed by atoms with Crippen molar-refractivity contribution in [3.05, 3.63) is 54.4 Å². The van der Waals surface area contributed by atoms with Gasteiger partial charge in [-0.3, -0.25) is 9.69 Å². The number of aliphatic carboxylic acids is 1. The molecule has 1 aromatic carbocycles. The monoisotopic (exact) mass is 519 g/mol. The van der Waals surface area contributed by atoms with Crippen LogP contribution in [0.2, 0.25) is 0 Å². The molecule has 2 saturated heterocycles. The predicted octanol–water partition coefficient (Wildman–Crippen LogP) is 4.91. The Kier molecular flexibility index (Phi) is 9.28. The number of anilines is 1. The van der Waals surface area contributed by atoms with Gasteiger partial charge >= 0.3 is 5.97 Å². The number of carbonyl (C=O) groups is 1. The minimum atomic E-state index is -0.641. The van der Waals surface area contributed by atoms with Gasteiger partial charge in [-0.25, -0.2) is 9.97 Å². The van der Waals surface area contributed by atoms with Crippen LogP contribution in [-0.4, -0.2) is 82.2 Å². The van der Waals surface area contributed by atoms with Gasteiger partial charge < -0.3 is 14.9 Å². The van der Waals surface area contributed by atoms with Crippen LogP contribution in [0.5, 0.6) is 0 Å². The average Bonchev–Trinajstić information content (AvgIpc) is 3.36. The molecule has 7 nitrogen and oxygen atoms in total. The maximum Gasteiger partial charge on any atom is 0.303 e. The molecule has 1 aromatic heterocycles. The van der Waals surface area contributed by atoms with Gasteiger partial charge in [0.2, 0.25) is 5.95 Å². The quantitative estimate of drug-likeness (QED) is 0.478. The zero-order valence-electron chi connectivity index (χ0n) is 23.0. The van der Waals surface area contributed by atoms with E-state index in [-0.39, 0.29) is 5.92 Å². The summed E-state index contributed by atoms with van der Waals surface area (Å²) in [6.45, 7) is 8.72. The standard InChI is InChI=1S/C31H45N5O2/c1-2-17-36(31-32-15-8-16-33-31)27-13-18-34(19-14-27)21-26-22-35(23-28(26)24-9-4-3-5-10-24)29-12-7-6-11-25(29)20-30(37)38/h3-5,8-10,15-16,25-29H,2,6-7,11-14,17-23H2,1H3,(H,37,38)/t25?,26-,28+,29+/m0/s1. The molecule has 7 heteroatoms. The van der Waals surface area contributed by atoms with E-state index < -0.39 is 5.97 Å². The highest BCUT2D eigenvalue weighted by atomic mass is 16.4. The van der Waals surface area contributed by atoms with E-state index >= 15 is 0 Å². The van der Waals surface area contributed by atoms with Crippen LogP contribution >= 0.6 is 0 Å². The van der Waals surface area contributed by atoms with Crippen molar-refractivity contribution in [2.75, 3.05) is 44.2 Å². The van der Waals surface area contributed by atoms with Crippen LogP contribution in [0.25, 0.3) is 0 Å². The molecule has 0 radical (unpaired) electrons. The summed E-state index contributed by atoms with van der Waals surface area (Å²) in [6.07, 6.45) is 12.0. The van der Waals surface area contributed by atoms with E-state index in [0.717, 1.165) is 77.3 Å². The van der Waals surface area contributed by atoms with E-state index in [2.05, 4.69) is 61.9 Å². The Hall–Kier alpha value is -2.51. The average molecular weight is 520 g/mol. The lowest BCUT2D eigenvalue weighted by molar-refractivity contribution is -0.139. The minimum Gasteiger partial charge on any atom is -0.481 e. The second-order valence-electron chi connectivity index (χ2n) is 11.7. The highest BCUT2D eigenvalue weighted by Gasteiger charge is 2.41. The molecular weight excluding hydrogens is 474 g/mol. The van der Waals surface area contributed by atoms with Crippen LogP contribution in [0.15, 0.2) is 48.8 Å². The first-order valence-corrected chi connectivity index (χ1v) is 14.9. The second-order valence-corrected chi connectivity index (χ2v) is 11.7. The molecule has 4 atom stereocenters. The van der Waals surface area contributed by atoms with Crippen LogP contribution in [0.1, 0.15) is 69.8 Å². The summed E-state index contributed by atoms with van der Waals surface area (Å²) in [5, 5.41) is 9.56. The van der Waals surface area contributed by atoms with Gasteiger partial charge in [-0.05, 0) is 55.6 Å². The van der Waals surface area contributed by atoms with Crippen molar-refractivity contribution in [2.45, 2.75) is 76.3 Å². The summed E-state index contributed by atoms with van der Waals surface area (Å²) in [4.78, 5) is 28.5. The predicted molar refractivity (Wildman–Crippen MR) is 151 cm³/mol. The first-order chi connectivity index (χ1) is 18.6. The number of likely N-dealkylation sites (tertiary alicyclic amines) is 2. The Morgan fingerprint density at radius 2 is 1.71 bits per heavy atom. The summed E-state index contributed by atoms with van der Waals surface area (Å²) in [5.41, 5.74) is 1.44. The Morgan fingerprint density at radius 3 is 2.42 bits per heavy atom. The molecule has 3 heterocycles. The maximum atomic E-state index is 11.6. The van der Waals surface area contributed by atoms with E-state index in [4.69, 9.17) is 0 Å². The zero-order valence-corrected chi connectivity index (χ0v) is 23.0. The van der Waals surface area contributed by atoms with Crippen LogP contribution in [0, 0.1) is 11.8 Å². The van der Waals surface area contributed by atoms with Crippen LogP contribution in [0.3, 0.4) is 0 Å². The molecule has 3 aliphatic rings. The second kappa shape index (κ2) is 13.0. The third-order valence-electron chi connectivity index (χ3n) is 9.24. The van der Waals surface area contributed by atoms with Crippen molar-refractivity contribution in [3.8, 4) is 0 Å². The molecule has 1 aliphatic carbocycles. The number of carboxylic acids is 1. The van der Waals surface area contributed by atoms with Crippen molar-refractivity contribution >= 4 is 11.9 Å². The van der Waals surface area contributed by atoms with Gasteiger partial charge in [-0.2, -0.15) is 0 Å². The number of carboxylic acid groups (broad SMARTS) is 1. The van der Waals surface area contributed by atoms with Gasteiger partial charge in [0.25, 0.3) is 0 Å². The molecule has 0 amide bonds. The fraction of sp³-hybridized carbons (Fsp3) is 0.645. The van der Waals surface area contributed by atoms with E-state index in [9.17, 15) is 9.90 Å². The molecule has 0 bridgehead atoms. The summed E-state index contributed by atoms with van der Waals surface area (Å²) in [5.74, 6) is 1.60. The number of rotatable bonds is 10. The van der Waals surface area contributed by atoms with Gasteiger partial charge in [0.05, 0.1) is 0 Å². The van der Waals surface area contributed by atoms with E-state index in [1.807, 2.05) is 18.5 Å². The SMILES string of the molecule is CCCN(c1ncccn1)C1CCN(C[C@H]2CN([C@@H]3CCCCC3CC(=O)O)C[C@@H]2c2ccccc2)CC1. The Labute approximate surface area is 228 Å². The molecule has 1 unspecified atom stereocenters. The molecule has 2 aromatic rings. The van der Waals surface area contributed by atoms with Crippen molar-refractivity contribution in [2.24, 2.45) is 11.8 Å². The number of piperidine rings is 1. The van der Waals surface area contributed by atoms with Crippen LogP contribution < -0.4 is 4.90 Å². The number of benzene rings is 1. The first kappa shape index (κ1) is 27.1. The molecule has 0 spiro atoms. The van der Waals surface area contributed by atoms with Crippen molar-refractivity contribution < 1.29 is 9.90 Å². The van der Waals surface area contributed by atoms with E-state index in [1.165, 1.54) is 18.4 Å². The summed E-state index contributed by atoms with van der Waals surface area (Å²) in [7, 11) is 0. The Bertz CT molecular complexity index is 998. The molecule has 38 heavy (non-hydrogen) atoms. The van der Waals surface area contributed by atoms with Crippen molar-refractivity contribution in [1.29, 1.82) is 0 Å². The number of aromatic nitrogens is 2. The lowest BCUT2D eigenvalue weighted by Gasteiger charge is -2.40. The smallest absolute Gasteiger partial charge is 0.303 e. The van der Waals surface area contributed by atoms with Gasteiger partial charge in [0, 0.05) is 76.1 Å². The van der Waals surface area contributed by atoms with Gasteiger partial charge in [0.15, 0.2) is 0 Å². The minimum absolute atomic E-state index is 0.289. The van der Waals surface area contributed by atoms with Crippen molar-refractivity contribution in [3.63, 3.8) is 0 Å². The highest BCUT2D eigenvalue weighted by Crippen LogP contribution is 2.40. The number of nitrogens with zero attached hydrogens (tertiary/aromatic N) is 5. The van der Waals surface area contributed by atoms with E-state index in [0.29, 0.717) is 30.3 Å². The topological polar surface area (TPSA) is 72.8 Å². The molecular formula is C31H45N5O2. The molecule has 3 fully saturated rings. The molecule has 1 saturated carbocycles. The van der Waals surface area contributed by atoms with Crippen LogP contribution in [-0.2, 0) is 4.79 Å². The largest absolute Gasteiger partial charge is 0.481 e. The lowest BCUT2D eigenvalue weighted by atomic mass is 9.81. The van der Waals surface area contributed by atoms with Crippen LogP contribution in [0.4, 0.5) is 5.95 Å². The molecule has 1 N–H and O–H groups in total. The van der Waals surface area contributed by atoms with Gasteiger partial charge in [-0.15, -0.1) is 0 Å². The number of hydrogen-bond donors (Lipinski definition) is 1. The van der Waals surface area contributed by atoms with Crippen molar-refractivity contribution in [1.82, 2.24) is 19.8 Å². The fourth-order valence-corrected chi connectivity index (χ4v) is 7.44. The molecule has 206 valence electrons. The van der Waals surface area contributed by atoms with Gasteiger partial charge in [-0.1, -0.05) is 50.1 Å². The summed E-state index contributed by atoms with van der Waals surface area (Å²) in [6, 6.07) is 13.8. The fourth-order valence-electron chi connectivity index (χ4n) is 7.44. The molecule has 2 aliphatic heterocycles. The highest BCUT2D eigenvalue weighted by molar-refractivity contribution is 5.67. The lowest BCUT2D eigenvalue weighted by Crippen LogP contribution is -2.47. The first-order valence-electron chi connectivity index (χ1n) is 14.9. The number of hydrogen-bond acceptors (Lipinski definition) is 6. The Morgan fingerprint density at radius 1 is 0.974 bits per heavy atom. The third kappa shape index (κ3) is 6.55. The maximum absolute atomic E-state index is 11.6. The van der Waals surface area contributed by atoms with E-state index in [1.54, 1.807) is 0 Å². The zero-order chi connectivity index (χ0) is 26.3. The van der Waals surface area contributed by atoms with Gasteiger partial charge in [0.1, 0.15) is 0 Å².